The summed E-state index contributed by atoms with van der Waals surface area (Å²) >= 11 is 0. The van der Waals surface area contributed by atoms with E-state index in [1.54, 1.807) is 24.3 Å². The number of pyridine rings is 1. The Hall–Kier alpha value is -4.15. The molecule has 31 heavy (non-hydrogen) atoms. The number of hydrogen-bond donors (Lipinski definition) is 3. The number of nitrogens with zero attached hydrogens (tertiary/aromatic N) is 3. The van der Waals surface area contributed by atoms with Gasteiger partial charge in [0, 0.05) is 37.0 Å². The molecule has 0 fully saturated rings. The number of amides is 1. The Bertz CT molecular complexity index is 1240. The van der Waals surface area contributed by atoms with Crippen LogP contribution in [0.15, 0.2) is 72.9 Å². The number of nitrogens with two attached hydrogens (primary N) is 1. The molecule has 1 amide bonds. The molecule has 0 unspecified atom stereocenters. The van der Waals surface area contributed by atoms with Crippen LogP contribution in [0.4, 0.5) is 5.82 Å². The predicted molar refractivity (Wildman–Crippen MR) is 120 cm³/mol. The van der Waals surface area contributed by atoms with Crippen molar-refractivity contribution in [2.45, 2.75) is 6.54 Å². The molecule has 0 aliphatic rings. The van der Waals surface area contributed by atoms with Crippen LogP contribution in [0, 0.1) is 11.3 Å². The first-order valence-corrected chi connectivity index (χ1v) is 9.98. The van der Waals surface area contributed by atoms with Crippen LogP contribution in [0.25, 0.3) is 16.9 Å². The van der Waals surface area contributed by atoms with Crippen LogP contribution in [0.5, 0.6) is 0 Å². The summed E-state index contributed by atoms with van der Waals surface area (Å²) < 4.78 is 1.93. The smallest absolute Gasteiger partial charge is 0.251 e. The fraction of sp³-hybridized carbons (Fsp3) is 0.125. The van der Waals surface area contributed by atoms with Gasteiger partial charge < -0.3 is 16.4 Å². The summed E-state index contributed by atoms with van der Waals surface area (Å²) in [5, 5.41) is 15.4. The van der Waals surface area contributed by atoms with E-state index in [-0.39, 0.29) is 5.91 Å². The van der Waals surface area contributed by atoms with Crippen molar-refractivity contribution >= 4 is 17.4 Å². The topological polar surface area (TPSA) is 108 Å². The van der Waals surface area contributed by atoms with Crippen molar-refractivity contribution < 1.29 is 4.79 Å². The lowest BCUT2D eigenvalue weighted by atomic mass is 10.1. The fourth-order valence-corrected chi connectivity index (χ4v) is 3.33. The summed E-state index contributed by atoms with van der Waals surface area (Å²) in [6.45, 7) is 1.42. The number of carbonyl (C=O) groups is 1. The van der Waals surface area contributed by atoms with E-state index in [0.29, 0.717) is 36.4 Å². The maximum atomic E-state index is 12.3. The van der Waals surface area contributed by atoms with Gasteiger partial charge in [0.1, 0.15) is 17.2 Å². The first-order valence-electron chi connectivity index (χ1n) is 9.98. The third-order valence-corrected chi connectivity index (χ3v) is 4.91. The van der Waals surface area contributed by atoms with Crippen LogP contribution in [0.1, 0.15) is 21.5 Å². The first kappa shape index (κ1) is 20.1. The van der Waals surface area contributed by atoms with Crippen LogP contribution >= 0.6 is 0 Å². The molecule has 0 saturated heterocycles. The summed E-state index contributed by atoms with van der Waals surface area (Å²) in [5.41, 5.74) is 10.0. The molecule has 0 aliphatic carbocycles. The number of anilines is 1. The zero-order chi connectivity index (χ0) is 21.6. The Morgan fingerprint density at radius 2 is 1.87 bits per heavy atom. The molecular weight excluding hydrogens is 388 g/mol. The fourth-order valence-electron chi connectivity index (χ4n) is 3.33. The molecule has 154 valence electrons. The van der Waals surface area contributed by atoms with Crippen molar-refractivity contribution in [2.24, 2.45) is 5.73 Å². The summed E-state index contributed by atoms with van der Waals surface area (Å²) in [6, 6.07) is 23.0. The molecule has 2 aromatic carbocycles. The molecule has 0 bridgehead atoms. The van der Waals surface area contributed by atoms with Crippen molar-refractivity contribution in [3.05, 3.63) is 89.6 Å². The molecule has 2 aromatic heterocycles. The minimum Gasteiger partial charge on any atom is -0.365 e. The second-order valence-corrected chi connectivity index (χ2v) is 7.03. The second-order valence-electron chi connectivity index (χ2n) is 7.03. The van der Waals surface area contributed by atoms with Crippen LogP contribution < -0.4 is 16.4 Å². The third-order valence-electron chi connectivity index (χ3n) is 4.91. The Morgan fingerprint density at radius 1 is 1.10 bits per heavy atom. The van der Waals surface area contributed by atoms with Crippen molar-refractivity contribution in [1.82, 2.24) is 14.7 Å². The Labute approximate surface area is 180 Å². The highest BCUT2D eigenvalue weighted by Gasteiger charge is 2.16. The SMILES string of the molecule is N#Cc1ccc(-c2nc3cc(C(=O)NCCN)ccn3c2NCc2ccccc2)cc1. The number of imidazole rings is 1. The second kappa shape index (κ2) is 9.11. The van der Waals surface area contributed by atoms with E-state index in [9.17, 15) is 4.79 Å². The quantitative estimate of drug-likeness (QED) is 0.434. The average Bonchev–Trinajstić information content (AvgIpc) is 3.19. The predicted octanol–water partition coefficient (Wildman–Crippen LogP) is 3.17. The highest BCUT2D eigenvalue weighted by atomic mass is 16.1. The summed E-state index contributed by atoms with van der Waals surface area (Å²) in [5.74, 6) is 0.632. The van der Waals surface area contributed by atoms with Gasteiger partial charge >= 0.3 is 0 Å². The number of benzene rings is 2. The molecule has 7 heteroatoms. The minimum atomic E-state index is -0.185. The third kappa shape index (κ3) is 4.39. The molecule has 4 aromatic rings. The number of nitriles is 1. The summed E-state index contributed by atoms with van der Waals surface area (Å²) in [4.78, 5) is 17.1. The number of fused-ring (bicyclic) bond motifs is 1. The van der Waals surface area contributed by atoms with E-state index in [1.807, 2.05) is 40.9 Å². The van der Waals surface area contributed by atoms with Gasteiger partial charge in [-0.05, 0) is 29.8 Å². The first-order chi connectivity index (χ1) is 15.2. The van der Waals surface area contributed by atoms with Crippen LogP contribution in [0.2, 0.25) is 0 Å². The maximum absolute atomic E-state index is 12.3. The molecule has 0 radical (unpaired) electrons. The number of hydrogen-bond acceptors (Lipinski definition) is 5. The lowest BCUT2D eigenvalue weighted by Gasteiger charge is -2.10. The standard InChI is InChI=1S/C24H22N6O/c25-11-12-27-24(31)20-10-13-30-21(14-20)29-22(19-8-6-17(15-26)7-9-19)23(30)28-16-18-4-2-1-3-5-18/h1-10,13-14,28H,11-12,16,25H2,(H,27,31). The van der Waals surface area contributed by atoms with Gasteiger partial charge in [-0.1, -0.05) is 42.5 Å². The van der Waals surface area contributed by atoms with Crippen LogP contribution in [-0.4, -0.2) is 28.4 Å². The number of carbonyl (C=O) groups excluding carboxylic acids is 1. The minimum absolute atomic E-state index is 0.185. The maximum Gasteiger partial charge on any atom is 0.251 e. The van der Waals surface area contributed by atoms with E-state index >= 15 is 0 Å². The summed E-state index contributed by atoms with van der Waals surface area (Å²) in [6.07, 6.45) is 1.83. The zero-order valence-electron chi connectivity index (χ0n) is 16.9. The van der Waals surface area contributed by atoms with Crippen molar-refractivity contribution in [3.63, 3.8) is 0 Å². The van der Waals surface area contributed by atoms with Gasteiger partial charge in [0.25, 0.3) is 5.91 Å². The molecule has 2 heterocycles. The van der Waals surface area contributed by atoms with Crippen molar-refractivity contribution in [3.8, 4) is 17.3 Å². The number of rotatable bonds is 7. The molecule has 0 saturated carbocycles. The molecular formula is C24H22N6O. The van der Waals surface area contributed by atoms with Gasteiger partial charge in [-0.25, -0.2) is 4.98 Å². The monoisotopic (exact) mass is 410 g/mol. The van der Waals surface area contributed by atoms with E-state index in [1.165, 1.54) is 0 Å². The highest BCUT2D eigenvalue weighted by Crippen LogP contribution is 2.30. The number of aromatic nitrogens is 2. The van der Waals surface area contributed by atoms with Crippen molar-refractivity contribution in [2.75, 3.05) is 18.4 Å². The van der Waals surface area contributed by atoms with E-state index in [4.69, 9.17) is 16.0 Å². The molecule has 4 rings (SSSR count). The molecule has 0 spiro atoms. The highest BCUT2D eigenvalue weighted by molar-refractivity contribution is 5.95. The zero-order valence-corrected chi connectivity index (χ0v) is 16.9. The summed E-state index contributed by atoms with van der Waals surface area (Å²) in [7, 11) is 0. The van der Waals surface area contributed by atoms with E-state index < -0.39 is 0 Å². The number of nitrogens with one attached hydrogen (secondary N) is 2. The van der Waals surface area contributed by atoms with E-state index in [0.717, 1.165) is 22.6 Å². The molecule has 0 atom stereocenters. The van der Waals surface area contributed by atoms with Gasteiger partial charge in [-0.3, -0.25) is 9.20 Å². The normalized spacial score (nSPS) is 10.6. The Morgan fingerprint density at radius 3 is 2.58 bits per heavy atom. The van der Waals surface area contributed by atoms with Gasteiger partial charge in [-0.2, -0.15) is 5.26 Å². The van der Waals surface area contributed by atoms with Crippen LogP contribution in [-0.2, 0) is 6.54 Å². The lowest BCUT2D eigenvalue weighted by molar-refractivity contribution is 0.0954. The molecule has 4 N–H and O–H groups in total. The van der Waals surface area contributed by atoms with Crippen molar-refractivity contribution in [1.29, 1.82) is 5.26 Å². The molecule has 7 nitrogen and oxygen atoms in total. The van der Waals surface area contributed by atoms with Gasteiger partial charge in [0.2, 0.25) is 0 Å². The lowest BCUT2D eigenvalue weighted by Crippen LogP contribution is -2.29. The van der Waals surface area contributed by atoms with Gasteiger partial charge in [0.05, 0.1) is 11.6 Å². The van der Waals surface area contributed by atoms with Gasteiger partial charge in [0.15, 0.2) is 0 Å². The van der Waals surface area contributed by atoms with Crippen LogP contribution in [0.3, 0.4) is 0 Å². The Balaban J connectivity index is 1.74. The largest absolute Gasteiger partial charge is 0.365 e. The van der Waals surface area contributed by atoms with E-state index in [2.05, 4.69) is 28.8 Å². The molecule has 0 aliphatic heterocycles. The van der Waals surface area contributed by atoms with Gasteiger partial charge in [-0.15, -0.1) is 0 Å². The average molecular weight is 410 g/mol. The Kier molecular flexibility index (Phi) is 5.92.